The highest BCUT2D eigenvalue weighted by atomic mass is 32.1. The van der Waals surface area contributed by atoms with Crippen LogP contribution in [-0.2, 0) is 65.6 Å². The Labute approximate surface area is 437 Å². The van der Waals surface area contributed by atoms with Gasteiger partial charge in [-0.2, -0.15) is 25.3 Å². The fourth-order valence-corrected chi connectivity index (χ4v) is 7.83. The number of nitrogens with zero attached hydrogens (tertiary/aromatic N) is 2. The van der Waals surface area contributed by atoms with E-state index in [4.69, 9.17) is 28.7 Å². The van der Waals surface area contributed by atoms with Crippen LogP contribution >= 0.6 is 25.3 Å². The van der Waals surface area contributed by atoms with Gasteiger partial charge in [-0.1, -0.05) is 42.5 Å². The van der Waals surface area contributed by atoms with Crippen LogP contribution in [0.4, 0.5) is 0 Å². The van der Waals surface area contributed by atoms with Crippen LogP contribution in [0.5, 0.6) is 5.75 Å². The number of rotatable bonds is 30. The number of amides is 11. The molecule has 0 radical (unpaired) electrons. The second kappa shape index (κ2) is 30.4. The number of likely N-dealkylation sites (tertiary alicyclic amines) is 1. The lowest BCUT2D eigenvalue weighted by Crippen LogP contribution is -2.61. The Bertz CT molecular complexity index is 2360. The minimum absolute atomic E-state index is 0.0225. The Hall–Kier alpha value is -7.62. The summed E-state index contributed by atoms with van der Waals surface area (Å²) in [4.78, 5) is 150. The Balaban J connectivity index is 1.85. The number of primary amides is 3. The van der Waals surface area contributed by atoms with E-state index in [9.17, 15) is 57.8 Å². The van der Waals surface area contributed by atoms with Gasteiger partial charge in [-0.25, -0.2) is 0 Å². The molecule has 0 aliphatic carbocycles. The van der Waals surface area contributed by atoms with E-state index in [0.29, 0.717) is 17.5 Å². The van der Waals surface area contributed by atoms with Crippen LogP contribution in [0.2, 0.25) is 0 Å². The van der Waals surface area contributed by atoms with Crippen LogP contribution in [-0.4, -0.2) is 154 Å². The molecular weight excluding hydrogens is 1000 g/mol. The fourth-order valence-electron chi connectivity index (χ4n) is 7.51. The predicted molar refractivity (Wildman–Crippen MR) is 275 cm³/mol. The maximum atomic E-state index is 14.2. The third-order valence-corrected chi connectivity index (χ3v) is 11.9. The second-order valence-electron chi connectivity index (χ2n) is 17.3. The zero-order valence-electron chi connectivity index (χ0n) is 40.6. The SMILES string of the molecule is CC(S)C(=O)N[C@@H](Cc1ccc(O)cc1)C(=O)N[C@@H](Cc1ccccc1)C(=O)N[C@@H](CCC(N)=O)C(=O)N[C@@H](CC(N)=O)C(=O)N[C@@H](CS)C(=O)N1CCC[C@H]1C(=O)N[C@H](CCCN=C(N)N)C(=O)NCC(N)=O. The van der Waals surface area contributed by atoms with Gasteiger partial charge in [0.1, 0.15) is 48.0 Å². The number of phenolic OH excluding ortho intramolecular Hbond substituents is 1. The Morgan fingerprint density at radius 3 is 1.73 bits per heavy atom. The second-order valence-corrected chi connectivity index (χ2v) is 18.4. The Morgan fingerprint density at radius 2 is 1.18 bits per heavy atom. The van der Waals surface area contributed by atoms with E-state index in [2.05, 4.69) is 67.5 Å². The van der Waals surface area contributed by atoms with Crippen molar-refractivity contribution >= 4 is 96.2 Å². The van der Waals surface area contributed by atoms with Gasteiger partial charge in [0.15, 0.2) is 5.96 Å². The van der Waals surface area contributed by atoms with Gasteiger partial charge in [0.2, 0.25) is 65.0 Å². The van der Waals surface area contributed by atoms with E-state index in [1.807, 2.05) is 0 Å². The number of aromatic hydroxyl groups is 1. The third kappa shape index (κ3) is 20.8. The number of guanidine groups is 1. The molecule has 2 aromatic carbocycles. The number of aliphatic imine (C=N–C) groups is 1. The van der Waals surface area contributed by atoms with Gasteiger partial charge < -0.3 is 75.9 Å². The average Bonchev–Trinajstić information content (AvgIpc) is 3.84. The molecule has 1 fully saturated rings. The van der Waals surface area contributed by atoms with E-state index >= 15 is 0 Å². The summed E-state index contributed by atoms with van der Waals surface area (Å²) in [7, 11) is 0. The standard InChI is InChI=1S/C46H66N14O12S2/c1-24(74)38(65)56-30(20-26-11-13-27(61)14-12-26)42(69)57-31(19-25-7-3-2-4-8-25)41(68)54-29(15-16-35(47)62)40(67)58-32(21-36(48)63)43(70)59-33(23-73)45(72)60-18-6-10-34(60)44(71)55-28(9-5-17-52-46(50)51)39(66)53-22-37(49)64/h2-4,7-8,11-14,24,28-34,61,73-74H,5-6,9-10,15-23H2,1H3,(H2,47,62)(H2,48,63)(H2,49,64)(H,53,66)(H,54,68)(H,55,71)(H,56,65)(H,57,69)(H,58,67)(H,59,70)(H4,50,51,52)/t24?,28-,29+,30+,31+,32+,33+,34+/m1/s1. The van der Waals surface area contributed by atoms with Crippen molar-refractivity contribution in [2.24, 2.45) is 33.7 Å². The fraction of sp³-hybridized carbons (Fsp3) is 0.478. The van der Waals surface area contributed by atoms with Gasteiger partial charge in [0.05, 0.1) is 18.2 Å². The molecule has 0 saturated carbocycles. The quantitative estimate of drug-likeness (QED) is 0.0151. The molecule has 2 aromatic rings. The predicted octanol–water partition coefficient (Wildman–Crippen LogP) is -4.88. The first-order chi connectivity index (χ1) is 35.0. The van der Waals surface area contributed by atoms with E-state index in [1.54, 1.807) is 30.3 Å². The van der Waals surface area contributed by atoms with Crippen molar-refractivity contribution in [1.29, 1.82) is 0 Å². The molecule has 1 heterocycles. The molecule has 404 valence electrons. The number of nitrogens with two attached hydrogens (primary N) is 5. The number of hydrogen-bond acceptors (Lipinski definition) is 15. The molecule has 3 rings (SSSR count). The van der Waals surface area contributed by atoms with Crippen molar-refractivity contribution in [3.05, 3.63) is 65.7 Å². The van der Waals surface area contributed by atoms with Crippen LogP contribution in [0.15, 0.2) is 59.6 Å². The Morgan fingerprint density at radius 1 is 0.649 bits per heavy atom. The first-order valence-electron chi connectivity index (χ1n) is 23.4. The highest BCUT2D eigenvalue weighted by Gasteiger charge is 2.40. The molecule has 11 amide bonds. The summed E-state index contributed by atoms with van der Waals surface area (Å²) >= 11 is 8.40. The zero-order valence-corrected chi connectivity index (χ0v) is 42.4. The summed E-state index contributed by atoms with van der Waals surface area (Å²) in [6.45, 7) is 1.11. The van der Waals surface area contributed by atoms with Crippen molar-refractivity contribution in [1.82, 2.24) is 42.1 Å². The molecule has 0 aromatic heterocycles. The summed E-state index contributed by atoms with van der Waals surface area (Å²) in [5.74, 6) is -10.2. The topological polar surface area (TPSA) is 438 Å². The minimum atomic E-state index is -1.79. The molecule has 1 saturated heterocycles. The molecule has 0 bridgehead atoms. The smallest absolute Gasteiger partial charge is 0.246 e. The van der Waals surface area contributed by atoms with Crippen molar-refractivity contribution in [3.8, 4) is 5.75 Å². The zero-order chi connectivity index (χ0) is 55.1. The normalized spacial score (nSPS) is 15.7. The lowest BCUT2D eigenvalue weighted by Gasteiger charge is -2.30. The van der Waals surface area contributed by atoms with Gasteiger partial charge in [-0.05, 0) is 62.3 Å². The van der Waals surface area contributed by atoms with Crippen LogP contribution in [0.1, 0.15) is 63.0 Å². The maximum Gasteiger partial charge on any atom is 0.246 e. The van der Waals surface area contributed by atoms with Crippen molar-refractivity contribution in [2.45, 2.75) is 112 Å². The number of benzene rings is 2. The summed E-state index contributed by atoms with van der Waals surface area (Å²) in [5.41, 5.74) is 27.9. The van der Waals surface area contributed by atoms with Gasteiger partial charge >= 0.3 is 0 Å². The van der Waals surface area contributed by atoms with E-state index in [-0.39, 0.29) is 62.7 Å². The molecule has 0 spiro atoms. The van der Waals surface area contributed by atoms with Gasteiger partial charge in [-0.15, -0.1) is 0 Å². The van der Waals surface area contributed by atoms with Gasteiger partial charge in [-0.3, -0.25) is 57.7 Å². The number of phenols is 1. The van der Waals surface area contributed by atoms with E-state index < -0.39 is 138 Å². The molecular formula is C46H66N14O12S2. The molecule has 1 unspecified atom stereocenters. The molecule has 26 nitrogen and oxygen atoms in total. The van der Waals surface area contributed by atoms with Gasteiger partial charge in [0, 0.05) is 38.1 Å². The summed E-state index contributed by atoms with van der Waals surface area (Å²) < 4.78 is 0. The largest absolute Gasteiger partial charge is 0.508 e. The maximum absolute atomic E-state index is 14.2. The summed E-state index contributed by atoms with van der Waals surface area (Å²) in [5, 5.41) is 26.4. The van der Waals surface area contributed by atoms with Crippen LogP contribution in [0, 0.1) is 0 Å². The molecule has 8 atom stereocenters. The first-order valence-corrected chi connectivity index (χ1v) is 24.6. The molecule has 1 aliphatic heterocycles. The molecule has 74 heavy (non-hydrogen) atoms. The third-order valence-electron chi connectivity index (χ3n) is 11.3. The number of carbonyl (C=O) groups is 11. The van der Waals surface area contributed by atoms with Crippen molar-refractivity contribution < 1.29 is 57.8 Å². The monoisotopic (exact) mass is 1070 g/mol. The van der Waals surface area contributed by atoms with Crippen LogP contribution in [0.25, 0.3) is 0 Å². The number of nitrogens with one attached hydrogen (secondary N) is 7. The Kier molecular flexibility index (Phi) is 24.9. The molecule has 1 aliphatic rings. The van der Waals surface area contributed by atoms with Gasteiger partial charge in [0.25, 0.3) is 0 Å². The summed E-state index contributed by atoms with van der Waals surface area (Å²) in [6, 6.07) is 4.32. The number of carbonyl (C=O) groups excluding carboxylic acids is 11. The van der Waals surface area contributed by atoms with Crippen LogP contribution < -0.4 is 65.9 Å². The first kappa shape index (κ1) is 60.7. The van der Waals surface area contributed by atoms with E-state index in [1.165, 1.54) is 36.1 Å². The number of thiol groups is 2. The highest BCUT2D eigenvalue weighted by molar-refractivity contribution is 7.81. The highest BCUT2D eigenvalue weighted by Crippen LogP contribution is 2.20. The molecule has 18 N–H and O–H groups in total. The van der Waals surface area contributed by atoms with Crippen molar-refractivity contribution in [3.63, 3.8) is 0 Å². The average molecular weight is 1070 g/mol. The minimum Gasteiger partial charge on any atom is -0.508 e. The van der Waals surface area contributed by atoms with Crippen LogP contribution in [0.3, 0.4) is 0 Å². The molecule has 28 heteroatoms. The number of hydrogen-bond donors (Lipinski definition) is 15. The lowest BCUT2D eigenvalue weighted by atomic mass is 10.0. The van der Waals surface area contributed by atoms with E-state index in [0.717, 1.165) is 0 Å². The summed E-state index contributed by atoms with van der Waals surface area (Å²) in [6.07, 6.45) is -1.24. The van der Waals surface area contributed by atoms with Crippen molar-refractivity contribution in [2.75, 3.05) is 25.4 Å². The lowest BCUT2D eigenvalue weighted by molar-refractivity contribution is -0.142.